The van der Waals surface area contributed by atoms with E-state index in [0.717, 1.165) is 0 Å². The van der Waals surface area contributed by atoms with E-state index in [2.05, 4.69) is 15.3 Å². The molecule has 34 heavy (non-hydrogen) atoms. The number of primary amides is 1. The van der Waals surface area contributed by atoms with Crippen LogP contribution < -0.4 is 16.4 Å². The van der Waals surface area contributed by atoms with Gasteiger partial charge in [-0.05, 0) is 30.3 Å². The number of benzene rings is 1. The van der Waals surface area contributed by atoms with Gasteiger partial charge < -0.3 is 20.9 Å². The first-order valence-electron chi connectivity index (χ1n) is 10.1. The Balaban J connectivity index is 1.46. The molecule has 3 heterocycles. The SMILES string of the molecule is NCC(=O)OCc1cn(-c2ccc(-c3ccc(N4C[C@H](CC(N)=O)OC4=O)cc3F)cn2)nn1. The van der Waals surface area contributed by atoms with Crippen LogP contribution in [0.3, 0.4) is 0 Å². The summed E-state index contributed by atoms with van der Waals surface area (Å²) < 4.78 is 26.2. The maximum absolute atomic E-state index is 14.9. The Morgan fingerprint density at radius 1 is 1.26 bits per heavy atom. The van der Waals surface area contributed by atoms with Crippen molar-refractivity contribution >= 4 is 23.7 Å². The lowest BCUT2D eigenvalue weighted by atomic mass is 10.1. The van der Waals surface area contributed by atoms with Crippen LogP contribution in [0.1, 0.15) is 12.1 Å². The van der Waals surface area contributed by atoms with Gasteiger partial charge >= 0.3 is 12.1 Å². The van der Waals surface area contributed by atoms with E-state index in [4.69, 9.17) is 20.9 Å². The van der Waals surface area contributed by atoms with Crippen LogP contribution in [0.2, 0.25) is 0 Å². The number of aromatic nitrogens is 4. The van der Waals surface area contributed by atoms with Gasteiger partial charge in [-0.3, -0.25) is 14.5 Å². The summed E-state index contributed by atoms with van der Waals surface area (Å²) in [5.74, 6) is -1.29. The van der Waals surface area contributed by atoms with Gasteiger partial charge in [0.15, 0.2) is 5.82 Å². The van der Waals surface area contributed by atoms with Crippen LogP contribution in [0.25, 0.3) is 16.9 Å². The summed E-state index contributed by atoms with van der Waals surface area (Å²) in [6, 6.07) is 7.59. The van der Waals surface area contributed by atoms with E-state index in [9.17, 15) is 18.8 Å². The highest BCUT2D eigenvalue weighted by Gasteiger charge is 2.33. The van der Waals surface area contributed by atoms with Gasteiger partial charge in [-0.2, -0.15) is 0 Å². The fourth-order valence-electron chi connectivity index (χ4n) is 3.34. The maximum atomic E-state index is 14.9. The zero-order valence-corrected chi connectivity index (χ0v) is 17.8. The summed E-state index contributed by atoms with van der Waals surface area (Å²) >= 11 is 0. The Kier molecular flexibility index (Phi) is 6.45. The first kappa shape index (κ1) is 22.8. The largest absolute Gasteiger partial charge is 0.458 e. The van der Waals surface area contributed by atoms with Crippen LogP contribution in [-0.4, -0.2) is 57.1 Å². The topological polar surface area (TPSA) is 169 Å². The van der Waals surface area contributed by atoms with Gasteiger partial charge in [0, 0.05) is 17.3 Å². The van der Waals surface area contributed by atoms with Crippen LogP contribution in [0, 0.1) is 5.82 Å². The van der Waals surface area contributed by atoms with Crippen LogP contribution in [-0.2, 0) is 25.7 Å². The van der Waals surface area contributed by atoms with E-state index < -0.39 is 29.9 Å². The number of pyridine rings is 1. The van der Waals surface area contributed by atoms with Crippen LogP contribution in [0.15, 0.2) is 42.7 Å². The minimum absolute atomic E-state index is 0.0699. The number of halogens is 1. The average molecular weight is 469 g/mol. The van der Waals surface area contributed by atoms with E-state index in [1.165, 1.54) is 27.9 Å². The molecule has 2 amide bonds. The maximum Gasteiger partial charge on any atom is 0.414 e. The van der Waals surface area contributed by atoms with E-state index in [1.54, 1.807) is 24.4 Å². The zero-order chi connectivity index (χ0) is 24.2. The molecular formula is C21H20FN7O5. The average Bonchev–Trinajstić information content (AvgIpc) is 3.43. The number of rotatable bonds is 8. The van der Waals surface area contributed by atoms with Crippen LogP contribution in [0.4, 0.5) is 14.9 Å². The second-order valence-corrected chi connectivity index (χ2v) is 7.38. The number of hydrogen-bond acceptors (Lipinski definition) is 9. The third-order valence-electron chi connectivity index (χ3n) is 4.95. The Morgan fingerprint density at radius 3 is 2.76 bits per heavy atom. The quantitative estimate of drug-likeness (QED) is 0.450. The van der Waals surface area contributed by atoms with Gasteiger partial charge in [0.2, 0.25) is 5.91 Å². The molecule has 1 aliphatic rings. The van der Waals surface area contributed by atoms with Crippen LogP contribution in [0.5, 0.6) is 0 Å². The number of nitrogens with two attached hydrogens (primary N) is 2. The van der Waals surface area contributed by atoms with Crippen molar-refractivity contribution in [2.45, 2.75) is 19.1 Å². The molecule has 3 aromatic rings. The summed E-state index contributed by atoms with van der Waals surface area (Å²) in [6.45, 7) is -0.200. The molecule has 1 aliphatic heterocycles. The highest BCUT2D eigenvalue weighted by atomic mass is 19.1. The van der Waals surface area contributed by atoms with Crippen molar-refractivity contribution in [2.75, 3.05) is 18.0 Å². The molecule has 1 aromatic carbocycles. The highest BCUT2D eigenvalue weighted by molar-refractivity contribution is 5.91. The molecule has 0 saturated carbocycles. The van der Waals surface area contributed by atoms with Gasteiger partial charge in [-0.15, -0.1) is 5.10 Å². The third-order valence-corrected chi connectivity index (χ3v) is 4.95. The molecule has 12 nitrogen and oxygen atoms in total. The van der Waals surface area contributed by atoms with Crippen molar-refractivity contribution in [1.82, 2.24) is 20.0 Å². The van der Waals surface area contributed by atoms with Crippen molar-refractivity contribution in [3.8, 4) is 16.9 Å². The summed E-state index contributed by atoms with van der Waals surface area (Å²) in [5.41, 5.74) is 11.8. The Labute approximate surface area is 192 Å². The molecule has 0 aliphatic carbocycles. The van der Waals surface area contributed by atoms with Gasteiger partial charge in [-0.25, -0.2) is 18.9 Å². The molecule has 2 aromatic heterocycles. The van der Waals surface area contributed by atoms with Crippen LogP contribution >= 0.6 is 0 Å². The molecule has 4 rings (SSSR count). The fourth-order valence-corrected chi connectivity index (χ4v) is 3.34. The van der Waals surface area contributed by atoms with Crippen molar-refractivity contribution in [1.29, 1.82) is 0 Å². The molecule has 4 N–H and O–H groups in total. The van der Waals surface area contributed by atoms with Gasteiger partial charge in [0.1, 0.15) is 24.2 Å². The molecule has 0 radical (unpaired) electrons. The lowest BCUT2D eigenvalue weighted by molar-refractivity contribution is -0.143. The first-order chi connectivity index (χ1) is 16.3. The minimum Gasteiger partial charge on any atom is -0.458 e. The monoisotopic (exact) mass is 469 g/mol. The van der Waals surface area contributed by atoms with E-state index in [0.29, 0.717) is 22.8 Å². The standard InChI is InChI=1S/C21H20FN7O5/c22-17-5-14(28-10-15(6-18(24)30)34-21(28)32)2-3-16(17)12-1-4-19(25-8-12)29-9-13(26-27-29)11-33-20(31)7-23/h1-5,8-9,15H,6-7,10-11,23H2,(H2,24,30)/t15-/m0/s1. The number of cyclic esters (lactones) is 1. The highest BCUT2D eigenvalue weighted by Crippen LogP contribution is 2.29. The predicted octanol–water partition coefficient (Wildman–Crippen LogP) is 0.671. The number of carbonyl (C=O) groups is 3. The van der Waals surface area contributed by atoms with Crippen molar-refractivity contribution in [3.63, 3.8) is 0 Å². The number of ether oxygens (including phenoxy) is 2. The van der Waals surface area contributed by atoms with Crippen molar-refractivity contribution in [2.24, 2.45) is 11.5 Å². The van der Waals surface area contributed by atoms with E-state index in [1.807, 2.05) is 0 Å². The van der Waals surface area contributed by atoms with Gasteiger partial charge in [-0.1, -0.05) is 5.21 Å². The smallest absolute Gasteiger partial charge is 0.414 e. The number of nitrogens with zero attached hydrogens (tertiary/aromatic N) is 5. The number of esters is 1. The lowest BCUT2D eigenvalue weighted by Crippen LogP contribution is -2.26. The second-order valence-electron chi connectivity index (χ2n) is 7.38. The number of carbonyl (C=O) groups excluding carboxylic acids is 3. The molecular weight excluding hydrogens is 449 g/mol. The number of amides is 2. The zero-order valence-electron chi connectivity index (χ0n) is 17.8. The molecule has 1 fully saturated rings. The van der Waals surface area contributed by atoms with Crippen molar-refractivity contribution < 1.29 is 28.2 Å². The van der Waals surface area contributed by atoms with Gasteiger partial charge in [0.05, 0.1) is 31.4 Å². The summed E-state index contributed by atoms with van der Waals surface area (Å²) in [4.78, 5) is 39.8. The Bertz CT molecular complexity index is 1230. The predicted molar refractivity (Wildman–Crippen MR) is 115 cm³/mol. The Hall–Kier alpha value is -4.39. The normalized spacial score (nSPS) is 15.3. The summed E-state index contributed by atoms with van der Waals surface area (Å²) in [7, 11) is 0. The lowest BCUT2D eigenvalue weighted by Gasteiger charge is -2.14. The van der Waals surface area contributed by atoms with E-state index in [-0.39, 0.29) is 31.7 Å². The molecule has 1 saturated heterocycles. The molecule has 13 heteroatoms. The summed E-state index contributed by atoms with van der Waals surface area (Å²) in [6.07, 6.45) is 1.56. The first-order valence-corrected chi connectivity index (χ1v) is 10.1. The fraction of sp³-hybridized carbons (Fsp3) is 0.238. The summed E-state index contributed by atoms with van der Waals surface area (Å²) in [5, 5.41) is 7.82. The minimum atomic E-state index is -0.672. The molecule has 0 unspecified atom stereocenters. The second kappa shape index (κ2) is 9.62. The Morgan fingerprint density at radius 2 is 2.09 bits per heavy atom. The van der Waals surface area contributed by atoms with E-state index >= 15 is 0 Å². The molecule has 0 spiro atoms. The van der Waals surface area contributed by atoms with Gasteiger partial charge in [0.25, 0.3) is 0 Å². The molecule has 176 valence electrons. The number of anilines is 1. The molecule has 0 bridgehead atoms. The molecule has 1 atom stereocenters. The van der Waals surface area contributed by atoms with Crippen molar-refractivity contribution in [3.05, 3.63) is 54.2 Å². The third kappa shape index (κ3) is 4.99. The number of hydrogen-bond donors (Lipinski definition) is 2.